The number of nitrogens with one attached hydrogen (secondary N) is 1. The van der Waals surface area contributed by atoms with Crippen molar-refractivity contribution in [2.24, 2.45) is 0 Å². The highest BCUT2D eigenvalue weighted by Crippen LogP contribution is 2.24. The van der Waals surface area contributed by atoms with Crippen molar-refractivity contribution >= 4 is 17.4 Å². The smallest absolute Gasteiger partial charge is 0.131 e. The first-order valence-electron chi connectivity index (χ1n) is 4.15. The van der Waals surface area contributed by atoms with Crippen LogP contribution in [0.2, 0.25) is 5.15 Å². The fraction of sp³-hybridized carbons (Fsp3) is 0.444. The van der Waals surface area contributed by atoms with Gasteiger partial charge in [0.1, 0.15) is 11.0 Å². The summed E-state index contributed by atoms with van der Waals surface area (Å²) in [5.41, 5.74) is 1.15. The highest BCUT2D eigenvalue weighted by molar-refractivity contribution is 6.29. The van der Waals surface area contributed by atoms with Gasteiger partial charge in [-0.1, -0.05) is 11.6 Å². The first-order valence-corrected chi connectivity index (χ1v) is 4.52. The highest BCUT2D eigenvalue weighted by atomic mass is 35.5. The van der Waals surface area contributed by atoms with Crippen LogP contribution in [0.25, 0.3) is 0 Å². The zero-order valence-corrected chi connectivity index (χ0v) is 7.73. The van der Waals surface area contributed by atoms with Gasteiger partial charge in [0.25, 0.3) is 0 Å². The van der Waals surface area contributed by atoms with E-state index in [4.69, 9.17) is 11.6 Å². The van der Waals surface area contributed by atoms with Crippen LogP contribution < -0.4 is 5.32 Å². The molecule has 0 atom stereocenters. The average molecular weight is 183 g/mol. The van der Waals surface area contributed by atoms with Gasteiger partial charge < -0.3 is 5.32 Å². The summed E-state index contributed by atoms with van der Waals surface area (Å²) >= 11 is 5.80. The van der Waals surface area contributed by atoms with E-state index in [0.717, 1.165) is 11.4 Å². The zero-order valence-electron chi connectivity index (χ0n) is 6.97. The number of halogens is 1. The molecule has 12 heavy (non-hydrogen) atoms. The van der Waals surface area contributed by atoms with E-state index < -0.39 is 0 Å². The molecule has 3 heteroatoms. The molecule has 0 spiro atoms. The quantitative estimate of drug-likeness (QED) is 0.712. The molecule has 0 aliphatic heterocycles. The van der Waals surface area contributed by atoms with Crippen molar-refractivity contribution in [3.63, 3.8) is 0 Å². The maximum Gasteiger partial charge on any atom is 0.131 e. The van der Waals surface area contributed by atoms with Crippen molar-refractivity contribution in [1.29, 1.82) is 0 Å². The molecule has 1 aliphatic carbocycles. The van der Waals surface area contributed by atoms with Crippen molar-refractivity contribution in [3.05, 3.63) is 22.8 Å². The van der Waals surface area contributed by atoms with Gasteiger partial charge in [0.15, 0.2) is 0 Å². The van der Waals surface area contributed by atoms with Gasteiger partial charge in [-0.25, -0.2) is 4.98 Å². The fourth-order valence-electron chi connectivity index (χ4n) is 1.14. The van der Waals surface area contributed by atoms with Crippen LogP contribution in [0.5, 0.6) is 0 Å². The van der Waals surface area contributed by atoms with E-state index in [0.29, 0.717) is 11.2 Å². The first kappa shape index (κ1) is 7.87. The Morgan fingerprint density at radius 3 is 2.83 bits per heavy atom. The number of aryl methyl sites for hydroxylation is 1. The van der Waals surface area contributed by atoms with Crippen LogP contribution in [-0.2, 0) is 0 Å². The lowest BCUT2D eigenvalue weighted by atomic mass is 10.3. The molecule has 1 fully saturated rings. The fourth-order valence-corrected chi connectivity index (χ4v) is 1.40. The topological polar surface area (TPSA) is 24.9 Å². The Labute approximate surface area is 77.0 Å². The van der Waals surface area contributed by atoms with Crippen LogP contribution in [-0.4, -0.2) is 11.0 Å². The second-order valence-corrected chi connectivity index (χ2v) is 3.66. The Balaban J connectivity index is 2.18. The lowest BCUT2D eigenvalue weighted by Crippen LogP contribution is -2.02. The number of nitrogens with zero attached hydrogens (tertiary/aromatic N) is 1. The molecule has 0 bridgehead atoms. The van der Waals surface area contributed by atoms with E-state index in [2.05, 4.69) is 10.3 Å². The summed E-state index contributed by atoms with van der Waals surface area (Å²) in [5, 5.41) is 3.87. The first-order chi connectivity index (χ1) is 5.74. The molecule has 2 rings (SSSR count). The molecule has 1 saturated carbocycles. The molecule has 0 unspecified atom stereocenters. The van der Waals surface area contributed by atoms with Crippen LogP contribution in [0, 0.1) is 6.92 Å². The van der Waals surface area contributed by atoms with Crippen molar-refractivity contribution in [2.75, 3.05) is 5.32 Å². The van der Waals surface area contributed by atoms with Crippen LogP contribution in [0.4, 0.5) is 5.82 Å². The van der Waals surface area contributed by atoms with Gasteiger partial charge in [0, 0.05) is 6.04 Å². The molecule has 0 saturated heterocycles. The van der Waals surface area contributed by atoms with Crippen LogP contribution in [0.15, 0.2) is 12.1 Å². The molecule has 2 nitrogen and oxygen atoms in total. The third-order valence-electron chi connectivity index (χ3n) is 1.87. The SMILES string of the molecule is Cc1cc(Cl)nc(NC2CC2)c1. The summed E-state index contributed by atoms with van der Waals surface area (Å²) in [5.74, 6) is 0.905. The second kappa shape index (κ2) is 2.94. The summed E-state index contributed by atoms with van der Waals surface area (Å²) in [6.07, 6.45) is 2.51. The number of hydrogen-bond acceptors (Lipinski definition) is 2. The summed E-state index contributed by atoms with van der Waals surface area (Å²) in [7, 11) is 0. The lowest BCUT2D eigenvalue weighted by Gasteiger charge is -2.04. The van der Waals surface area contributed by atoms with E-state index in [1.165, 1.54) is 12.8 Å². The summed E-state index contributed by atoms with van der Waals surface area (Å²) in [6.45, 7) is 2.02. The Morgan fingerprint density at radius 2 is 2.25 bits per heavy atom. The predicted octanol–water partition coefficient (Wildman–Crippen LogP) is 2.62. The summed E-state index contributed by atoms with van der Waals surface area (Å²) in [4.78, 5) is 4.17. The minimum absolute atomic E-state index is 0.568. The largest absolute Gasteiger partial charge is 0.367 e. The van der Waals surface area contributed by atoms with Gasteiger partial charge in [-0.2, -0.15) is 0 Å². The molecule has 1 aromatic heterocycles. The standard InChI is InChI=1S/C9H11ClN2/c1-6-4-8(10)12-9(5-6)11-7-2-3-7/h4-5,7H,2-3H2,1H3,(H,11,12). The Hall–Kier alpha value is -0.760. The molecular formula is C9H11ClN2. The average Bonchev–Trinajstić information content (AvgIpc) is 2.68. The Bertz CT molecular complexity index is 274. The molecule has 1 N–H and O–H groups in total. The third kappa shape index (κ3) is 1.89. The maximum atomic E-state index is 5.80. The number of anilines is 1. The molecule has 1 heterocycles. The molecule has 1 aliphatic rings. The number of rotatable bonds is 2. The number of hydrogen-bond donors (Lipinski definition) is 1. The summed E-state index contributed by atoms with van der Waals surface area (Å²) < 4.78 is 0. The van der Waals surface area contributed by atoms with E-state index in [9.17, 15) is 0 Å². The monoisotopic (exact) mass is 182 g/mol. The molecule has 0 radical (unpaired) electrons. The van der Waals surface area contributed by atoms with E-state index in [1.54, 1.807) is 0 Å². The highest BCUT2D eigenvalue weighted by Gasteiger charge is 2.21. The van der Waals surface area contributed by atoms with Crippen LogP contribution >= 0.6 is 11.6 Å². The molecule has 0 aromatic carbocycles. The van der Waals surface area contributed by atoms with Crippen molar-refractivity contribution in [3.8, 4) is 0 Å². The van der Waals surface area contributed by atoms with E-state index in [-0.39, 0.29) is 0 Å². The minimum atomic E-state index is 0.568. The van der Waals surface area contributed by atoms with Gasteiger partial charge >= 0.3 is 0 Å². The van der Waals surface area contributed by atoms with Crippen molar-refractivity contribution in [2.45, 2.75) is 25.8 Å². The van der Waals surface area contributed by atoms with E-state index in [1.807, 2.05) is 19.1 Å². The second-order valence-electron chi connectivity index (χ2n) is 3.27. The molecule has 64 valence electrons. The third-order valence-corrected chi connectivity index (χ3v) is 2.06. The zero-order chi connectivity index (χ0) is 8.55. The molecule has 0 amide bonds. The molecular weight excluding hydrogens is 172 g/mol. The van der Waals surface area contributed by atoms with Gasteiger partial charge in [0.05, 0.1) is 0 Å². The van der Waals surface area contributed by atoms with Crippen molar-refractivity contribution < 1.29 is 0 Å². The Kier molecular flexibility index (Phi) is 1.93. The minimum Gasteiger partial charge on any atom is -0.367 e. The van der Waals surface area contributed by atoms with Gasteiger partial charge in [0.2, 0.25) is 0 Å². The Morgan fingerprint density at radius 1 is 1.50 bits per heavy atom. The van der Waals surface area contributed by atoms with Gasteiger partial charge in [-0.15, -0.1) is 0 Å². The summed E-state index contributed by atoms with van der Waals surface area (Å²) in [6, 6.07) is 4.51. The lowest BCUT2D eigenvalue weighted by molar-refractivity contribution is 1.11. The van der Waals surface area contributed by atoms with Crippen molar-refractivity contribution in [1.82, 2.24) is 4.98 Å². The maximum absolute atomic E-state index is 5.80. The van der Waals surface area contributed by atoms with E-state index >= 15 is 0 Å². The van der Waals surface area contributed by atoms with Crippen LogP contribution in [0.1, 0.15) is 18.4 Å². The molecule has 1 aromatic rings. The number of aromatic nitrogens is 1. The van der Waals surface area contributed by atoms with Crippen LogP contribution in [0.3, 0.4) is 0 Å². The van der Waals surface area contributed by atoms with Gasteiger partial charge in [-0.05, 0) is 37.5 Å². The normalized spacial score (nSPS) is 16.2. The van der Waals surface area contributed by atoms with Gasteiger partial charge in [-0.3, -0.25) is 0 Å². The number of pyridine rings is 1. The predicted molar refractivity (Wildman–Crippen MR) is 50.6 cm³/mol.